The van der Waals surface area contributed by atoms with Gasteiger partial charge in [-0.25, -0.2) is 4.39 Å². The molecule has 0 radical (unpaired) electrons. The van der Waals surface area contributed by atoms with Crippen LogP contribution < -0.4 is 20.3 Å². The van der Waals surface area contributed by atoms with E-state index in [0.29, 0.717) is 24.1 Å². The molecule has 0 aliphatic carbocycles. The number of β-lactam (4-membered cyclic amide) rings is 1. The Kier molecular flexibility index (Phi) is 10.9. The first-order valence-electron chi connectivity index (χ1n) is 15.9. The number of hydrogen-bond acceptors (Lipinski definition) is 9. The number of phenols is 1. The number of aromatic hydroxyl groups is 1. The van der Waals surface area contributed by atoms with Crippen molar-refractivity contribution in [3.05, 3.63) is 118 Å². The van der Waals surface area contributed by atoms with E-state index in [1.54, 1.807) is 39.4 Å². The highest BCUT2D eigenvalue weighted by Crippen LogP contribution is 2.41. The summed E-state index contributed by atoms with van der Waals surface area (Å²) in [6, 6.07) is 15.8. The molecule has 0 saturated carbocycles. The number of halogens is 1. The third-order valence-electron chi connectivity index (χ3n) is 8.33. The normalized spacial score (nSPS) is 19.4. The minimum atomic E-state index is -1.53. The predicted octanol–water partition coefficient (Wildman–Crippen LogP) is 1.92. The Hall–Kier alpha value is -5.41. The fourth-order valence-corrected chi connectivity index (χ4v) is 7.70. The predicted molar refractivity (Wildman–Crippen MR) is 186 cm³/mol. The van der Waals surface area contributed by atoms with Crippen molar-refractivity contribution >= 4 is 64.9 Å². The van der Waals surface area contributed by atoms with Crippen LogP contribution in [0, 0.1) is 5.82 Å². The number of carboxylic acids is 1. The van der Waals surface area contributed by atoms with Crippen LogP contribution >= 0.6 is 23.5 Å². The van der Waals surface area contributed by atoms with E-state index in [1.165, 1.54) is 35.7 Å². The van der Waals surface area contributed by atoms with Crippen molar-refractivity contribution in [2.24, 2.45) is 0 Å². The van der Waals surface area contributed by atoms with Crippen LogP contribution in [-0.4, -0.2) is 74.0 Å². The maximum absolute atomic E-state index is 13.6. The van der Waals surface area contributed by atoms with Crippen LogP contribution in [0.3, 0.4) is 0 Å². The highest BCUT2D eigenvalue weighted by atomic mass is 32.2. The maximum Gasteiger partial charge on any atom is 0.290 e. The van der Waals surface area contributed by atoms with Crippen molar-refractivity contribution in [1.82, 2.24) is 15.1 Å². The molecule has 4 amide bonds. The maximum atomic E-state index is 13.6. The fourth-order valence-electron chi connectivity index (χ4n) is 5.81. The summed E-state index contributed by atoms with van der Waals surface area (Å²) in [7, 11) is 0. The topological polar surface area (TPSA) is 163 Å². The third-order valence-corrected chi connectivity index (χ3v) is 10.4. The van der Waals surface area contributed by atoms with Gasteiger partial charge >= 0.3 is 0 Å². The number of likely N-dealkylation sites (tertiary alicyclic amines) is 1. The summed E-state index contributed by atoms with van der Waals surface area (Å²) in [4.78, 5) is 66.3. The molecule has 2 saturated heterocycles. The number of carbonyl (C=O) groups excluding carboxylic acids is 5. The SMILES string of the molecule is O=C(C[n+]1ccc(CN2CCC(=CC3=C(C(=O)[O-])N4C(=O)[C@@H](NC(=O)CSC=Cc5ccccc5)[C@H]4SC3)C2=O)cc1)Nc1ccc(O)c(F)c1. The fraction of sp³-hybridized carbons (Fsp3) is 0.222. The number of carbonyl (C=O) groups is 5. The number of allylic oxidation sites excluding steroid dienone is 1. The van der Waals surface area contributed by atoms with Gasteiger partial charge < -0.3 is 30.5 Å². The summed E-state index contributed by atoms with van der Waals surface area (Å²) < 4.78 is 15.2. The number of pyridine rings is 1. The van der Waals surface area contributed by atoms with Gasteiger partial charge in [0, 0.05) is 48.3 Å². The summed E-state index contributed by atoms with van der Waals surface area (Å²) in [5.41, 5.74) is 2.43. The van der Waals surface area contributed by atoms with Crippen LogP contribution in [0.1, 0.15) is 17.5 Å². The number of anilines is 1. The summed E-state index contributed by atoms with van der Waals surface area (Å²) in [5, 5.41) is 28.0. The second-order valence-corrected chi connectivity index (χ2v) is 13.9. The van der Waals surface area contributed by atoms with Crippen molar-refractivity contribution in [2.45, 2.75) is 30.9 Å². The first-order chi connectivity index (χ1) is 24.6. The molecular weight excluding hydrogens is 698 g/mol. The molecule has 0 unspecified atom stereocenters. The van der Waals surface area contributed by atoms with Crippen LogP contribution in [0.15, 0.2) is 101 Å². The Labute approximate surface area is 300 Å². The lowest BCUT2D eigenvalue weighted by Crippen LogP contribution is -2.71. The van der Waals surface area contributed by atoms with Gasteiger partial charge in [-0.3, -0.25) is 24.1 Å². The molecule has 2 aromatic carbocycles. The lowest BCUT2D eigenvalue weighted by molar-refractivity contribution is -0.684. The molecule has 0 bridgehead atoms. The number of aliphatic carboxylic acids is 1. The number of nitrogens with one attached hydrogen (secondary N) is 2. The summed E-state index contributed by atoms with van der Waals surface area (Å²) in [5.74, 6) is -4.14. The summed E-state index contributed by atoms with van der Waals surface area (Å²) >= 11 is 2.59. The van der Waals surface area contributed by atoms with Gasteiger partial charge in [0.05, 0.1) is 17.4 Å². The van der Waals surface area contributed by atoms with Gasteiger partial charge in [0.25, 0.3) is 11.8 Å². The second-order valence-electron chi connectivity index (χ2n) is 11.9. The minimum absolute atomic E-state index is 0.0501. The molecule has 3 aliphatic heterocycles. The zero-order chi connectivity index (χ0) is 36.1. The molecule has 3 aromatic rings. The van der Waals surface area contributed by atoms with E-state index in [4.69, 9.17) is 0 Å². The van der Waals surface area contributed by atoms with E-state index in [2.05, 4.69) is 10.6 Å². The van der Waals surface area contributed by atoms with E-state index in [1.807, 2.05) is 36.4 Å². The van der Waals surface area contributed by atoms with Crippen LogP contribution in [-0.2, 0) is 37.1 Å². The Morgan fingerprint density at radius 1 is 1.08 bits per heavy atom. The van der Waals surface area contributed by atoms with Gasteiger partial charge in [-0.05, 0) is 52.8 Å². The lowest BCUT2D eigenvalue weighted by Gasteiger charge is -2.50. The number of aromatic nitrogens is 1. The average Bonchev–Trinajstić information content (AvgIpc) is 3.45. The van der Waals surface area contributed by atoms with Crippen molar-refractivity contribution in [1.29, 1.82) is 0 Å². The Morgan fingerprint density at radius 2 is 1.84 bits per heavy atom. The molecule has 262 valence electrons. The number of carboxylic acid groups (broad SMARTS) is 1. The standard InChI is InChI=1S/C36H32FN5O7S2/c37-27-17-26(6-7-28(27)43)38-29(44)19-40-12-8-23(9-13-40)18-41-14-10-24(33(41)46)16-25-20-51-35-31(34(47)42(35)32(25)36(48)49)39-30(45)21-50-15-11-22-4-2-1-3-5-22/h1-9,11-13,15-17,31,35H,10,14,18-21H2,(H3-,38,39,43,44,45,48,49)/t31-,35-/m1/s1. The molecule has 4 heterocycles. The number of rotatable bonds is 12. The average molecular weight is 730 g/mol. The zero-order valence-corrected chi connectivity index (χ0v) is 28.6. The lowest BCUT2D eigenvalue weighted by atomic mass is 10.0. The quantitative estimate of drug-likeness (QED) is 0.110. The molecule has 0 spiro atoms. The Bertz CT molecular complexity index is 1970. The smallest absolute Gasteiger partial charge is 0.290 e. The number of phenolic OH excluding ortho intramolecular Hbond substituents is 1. The van der Waals surface area contributed by atoms with Gasteiger partial charge in [0.15, 0.2) is 24.0 Å². The number of hydrogen-bond donors (Lipinski definition) is 3. The molecule has 15 heteroatoms. The summed E-state index contributed by atoms with van der Waals surface area (Å²) in [6.07, 6.45) is 7.14. The van der Waals surface area contributed by atoms with Gasteiger partial charge in [-0.1, -0.05) is 30.3 Å². The first-order valence-corrected chi connectivity index (χ1v) is 17.9. The van der Waals surface area contributed by atoms with E-state index in [9.17, 15) is 38.6 Å². The van der Waals surface area contributed by atoms with Crippen molar-refractivity contribution in [2.75, 3.05) is 23.4 Å². The zero-order valence-electron chi connectivity index (χ0n) is 27.0. The Morgan fingerprint density at radius 3 is 2.57 bits per heavy atom. The molecule has 3 aliphatic rings. The van der Waals surface area contributed by atoms with Gasteiger partial charge in [0.2, 0.25) is 18.4 Å². The van der Waals surface area contributed by atoms with Crippen LogP contribution in [0.2, 0.25) is 0 Å². The number of nitrogens with zero attached hydrogens (tertiary/aromatic N) is 3. The molecule has 2 atom stereocenters. The largest absolute Gasteiger partial charge is 0.543 e. The highest BCUT2D eigenvalue weighted by molar-refractivity contribution is 8.02. The highest BCUT2D eigenvalue weighted by Gasteiger charge is 2.52. The van der Waals surface area contributed by atoms with Gasteiger partial charge in [0.1, 0.15) is 11.4 Å². The monoisotopic (exact) mass is 729 g/mol. The van der Waals surface area contributed by atoms with E-state index in [-0.39, 0.29) is 47.8 Å². The van der Waals surface area contributed by atoms with E-state index < -0.39 is 40.8 Å². The molecule has 1 aromatic heterocycles. The molecule has 51 heavy (non-hydrogen) atoms. The number of thioether (sulfide) groups is 2. The van der Waals surface area contributed by atoms with E-state index >= 15 is 0 Å². The molecule has 3 N–H and O–H groups in total. The number of benzene rings is 2. The van der Waals surface area contributed by atoms with E-state index in [0.717, 1.165) is 28.2 Å². The van der Waals surface area contributed by atoms with Crippen molar-refractivity contribution in [3.8, 4) is 5.75 Å². The molecule has 2 fully saturated rings. The Balaban J connectivity index is 1.02. The number of amides is 4. The third kappa shape index (κ3) is 8.32. The van der Waals surface area contributed by atoms with Crippen molar-refractivity contribution in [3.63, 3.8) is 0 Å². The second kappa shape index (κ2) is 15.6. The molecular formula is C36H32FN5O7S2. The van der Waals surface area contributed by atoms with Gasteiger partial charge in [-0.2, -0.15) is 4.57 Å². The van der Waals surface area contributed by atoms with Crippen LogP contribution in [0.25, 0.3) is 6.08 Å². The number of fused-ring (bicyclic) bond motifs is 1. The van der Waals surface area contributed by atoms with Crippen molar-refractivity contribution < 1.29 is 43.1 Å². The van der Waals surface area contributed by atoms with Crippen LogP contribution in [0.4, 0.5) is 10.1 Å². The van der Waals surface area contributed by atoms with Crippen LogP contribution in [0.5, 0.6) is 5.75 Å². The molecule has 6 rings (SSSR count). The minimum Gasteiger partial charge on any atom is -0.543 e. The van der Waals surface area contributed by atoms with Gasteiger partial charge in [-0.15, -0.1) is 23.5 Å². The first kappa shape index (κ1) is 35.4. The molecule has 12 nitrogen and oxygen atoms in total. The summed E-state index contributed by atoms with van der Waals surface area (Å²) in [6.45, 7) is 0.640.